The Bertz CT molecular complexity index is 1360. The Hall–Kier alpha value is -2.14. The Kier molecular flexibility index (Phi) is 6.59. The third-order valence-electron chi connectivity index (χ3n) is 9.26. The van der Waals surface area contributed by atoms with E-state index < -0.39 is 51.9 Å². The van der Waals surface area contributed by atoms with Crippen molar-refractivity contribution in [2.75, 3.05) is 6.61 Å². The van der Waals surface area contributed by atoms with E-state index in [-0.39, 0.29) is 23.0 Å². The Morgan fingerprint density at radius 3 is 2.18 bits per heavy atom. The summed E-state index contributed by atoms with van der Waals surface area (Å²) < 4.78 is 48.3. The first-order valence-corrected chi connectivity index (χ1v) is 17.1. The second-order valence-corrected chi connectivity index (χ2v) is 19.0. The zero-order chi connectivity index (χ0) is 28.7. The molecule has 3 aliphatic carbocycles. The number of fused-ring (bicyclic) bond motifs is 1. The molecule has 0 unspecified atom stereocenters. The molecule has 0 saturated heterocycles. The zero-order valence-electron chi connectivity index (χ0n) is 23.3. The molecule has 1 saturated carbocycles. The molecule has 10 heteroatoms. The molecule has 1 N–H and O–H groups in total. The van der Waals surface area contributed by atoms with Crippen molar-refractivity contribution < 1.29 is 36.2 Å². The number of rotatable bonds is 6. The zero-order valence-corrected chi connectivity index (χ0v) is 25.1. The van der Waals surface area contributed by atoms with Crippen LogP contribution in [0.15, 0.2) is 52.0 Å². The summed E-state index contributed by atoms with van der Waals surface area (Å²) in [4.78, 5) is 26.3. The predicted molar refractivity (Wildman–Crippen MR) is 143 cm³/mol. The van der Waals surface area contributed by atoms with Crippen LogP contribution in [0.5, 0.6) is 0 Å². The van der Waals surface area contributed by atoms with Crippen LogP contribution in [0.3, 0.4) is 0 Å². The Balaban J connectivity index is 1.76. The first kappa shape index (κ1) is 28.9. The van der Waals surface area contributed by atoms with E-state index in [1.807, 2.05) is 13.8 Å². The lowest BCUT2D eigenvalue weighted by molar-refractivity contribution is -0.138. The number of aliphatic hydroxyl groups is 1. The quantitative estimate of drug-likeness (QED) is 0.285. The molecule has 0 bridgehead atoms. The van der Waals surface area contributed by atoms with E-state index in [1.54, 1.807) is 13.0 Å². The molecule has 3 atom stereocenters. The normalized spacial score (nSPS) is 28.8. The minimum atomic E-state index is -4.91. The number of hydrogen-bond acceptors (Lipinski definition) is 7. The van der Waals surface area contributed by atoms with Crippen LogP contribution in [0.2, 0.25) is 18.1 Å². The van der Waals surface area contributed by atoms with Crippen LogP contribution in [-0.4, -0.2) is 51.9 Å². The van der Waals surface area contributed by atoms with Crippen molar-refractivity contribution in [1.29, 1.82) is 0 Å². The topological polar surface area (TPSA) is 107 Å². The predicted octanol–water partition coefficient (Wildman–Crippen LogP) is 5.27. The lowest BCUT2D eigenvalue weighted by Crippen LogP contribution is -2.50. The van der Waals surface area contributed by atoms with E-state index in [2.05, 4.69) is 33.9 Å². The molecular weight excluding hydrogens is 527 g/mol. The van der Waals surface area contributed by atoms with Crippen molar-refractivity contribution in [3.8, 4) is 0 Å². The fourth-order valence-electron chi connectivity index (χ4n) is 5.42. The monoisotopic (exact) mass is 564 g/mol. The smallest absolute Gasteiger partial charge is 0.338 e. The lowest BCUT2D eigenvalue weighted by Gasteiger charge is -2.42. The minimum Gasteiger partial charge on any atom is -0.453 e. The summed E-state index contributed by atoms with van der Waals surface area (Å²) in [6.45, 7) is 16.1. The molecular formula is C28H37FO7SSi. The van der Waals surface area contributed by atoms with E-state index >= 15 is 0 Å². The number of ether oxygens (including phenoxy) is 1. The molecule has 1 spiro atoms. The summed E-state index contributed by atoms with van der Waals surface area (Å²) in [7, 11) is -7.12. The molecule has 0 amide bonds. The van der Waals surface area contributed by atoms with Gasteiger partial charge >= 0.3 is 16.2 Å². The first-order valence-electron chi connectivity index (χ1n) is 12.8. The molecule has 0 aliphatic heterocycles. The van der Waals surface area contributed by atoms with Crippen LogP contribution in [0.4, 0.5) is 3.89 Å². The van der Waals surface area contributed by atoms with E-state index in [1.165, 1.54) is 12.1 Å². The Labute approximate surface area is 225 Å². The maximum atomic E-state index is 13.6. The van der Waals surface area contributed by atoms with Gasteiger partial charge in [-0.3, -0.25) is 4.79 Å². The molecule has 208 valence electrons. The van der Waals surface area contributed by atoms with Crippen LogP contribution in [0.1, 0.15) is 64.7 Å². The molecule has 0 aromatic heterocycles. The fraction of sp³-hybridized carbons (Fsp3) is 0.571. The van der Waals surface area contributed by atoms with Crippen LogP contribution >= 0.6 is 0 Å². The average molecular weight is 565 g/mol. The van der Waals surface area contributed by atoms with Gasteiger partial charge in [0.05, 0.1) is 10.5 Å². The summed E-state index contributed by atoms with van der Waals surface area (Å²) in [5.74, 6) is -1.12. The molecule has 3 aliphatic rings. The van der Waals surface area contributed by atoms with Gasteiger partial charge in [0, 0.05) is 28.6 Å². The molecule has 0 radical (unpaired) electrons. The summed E-state index contributed by atoms with van der Waals surface area (Å²) in [6, 6.07) is 4.41. The van der Waals surface area contributed by atoms with Gasteiger partial charge in [-0.25, -0.2) is 4.79 Å². The highest BCUT2D eigenvalue weighted by Crippen LogP contribution is 2.66. The number of carbonyl (C=O) groups excluding carboxylic acids is 2. The summed E-state index contributed by atoms with van der Waals surface area (Å²) in [5, 5.41) is 11.2. The number of carbonyl (C=O) groups is 2. The minimum absolute atomic E-state index is 0.0482. The van der Waals surface area contributed by atoms with Gasteiger partial charge < -0.3 is 14.3 Å². The lowest BCUT2D eigenvalue weighted by atomic mass is 9.67. The van der Waals surface area contributed by atoms with Crippen molar-refractivity contribution in [1.82, 2.24) is 0 Å². The van der Waals surface area contributed by atoms with Gasteiger partial charge in [-0.05, 0) is 76.0 Å². The third-order valence-corrected chi connectivity index (χ3v) is 14.6. The van der Waals surface area contributed by atoms with E-state index in [0.717, 1.165) is 17.7 Å². The van der Waals surface area contributed by atoms with Crippen LogP contribution in [-0.2, 0) is 24.2 Å². The van der Waals surface area contributed by atoms with Crippen LogP contribution < -0.4 is 0 Å². The van der Waals surface area contributed by atoms with Crippen LogP contribution in [0.25, 0.3) is 0 Å². The van der Waals surface area contributed by atoms with Gasteiger partial charge in [-0.15, -0.1) is 3.89 Å². The third kappa shape index (κ3) is 4.43. The number of hydrogen-bond donors (Lipinski definition) is 1. The van der Waals surface area contributed by atoms with Crippen molar-refractivity contribution in [3.63, 3.8) is 0 Å². The Morgan fingerprint density at radius 1 is 1.16 bits per heavy atom. The number of halogens is 1. The molecule has 1 aromatic rings. The highest BCUT2D eigenvalue weighted by atomic mass is 32.3. The standard InChI is InChI=1S/C28H37FO7SSi/c1-17-21-20(22(30)27(6,32)28(17)13-14-28)15-26(5,16-35-38(7,8)25(2,3)4)23(21)36-24(31)18-9-11-19(12-10-18)37(29,33)34/h9-12,15,23,32H,13-14,16H2,1-8H3/t23-,26+,27+/m1/s1. The second kappa shape index (κ2) is 8.68. The molecule has 0 heterocycles. The van der Waals surface area contributed by atoms with Gasteiger partial charge in [0.1, 0.15) is 11.7 Å². The van der Waals surface area contributed by atoms with Crippen molar-refractivity contribution >= 4 is 30.3 Å². The first-order chi connectivity index (χ1) is 17.2. The fourth-order valence-corrected chi connectivity index (χ4v) is 6.99. The Morgan fingerprint density at radius 2 is 1.71 bits per heavy atom. The molecule has 1 aromatic carbocycles. The molecule has 4 rings (SSSR count). The number of esters is 1. The van der Waals surface area contributed by atoms with E-state index in [9.17, 15) is 27.0 Å². The number of Topliss-reactive ketones (excluding diaryl/α,β-unsaturated/α-hetero) is 1. The summed E-state index contributed by atoms with van der Waals surface area (Å²) in [5.41, 5.74) is -1.30. The summed E-state index contributed by atoms with van der Waals surface area (Å²) in [6.07, 6.45) is 2.23. The highest BCUT2D eigenvalue weighted by Gasteiger charge is 2.67. The van der Waals surface area contributed by atoms with Crippen LogP contribution in [0, 0.1) is 10.8 Å². The van der Waals surface area contributed by atoms with Gasteiger partial charge in [-0.2, -0.15) is 8.42 Å². The van der Waals surface area contributed by atoms with Gasteiger partial charge in [-0.1, -0.05) is 32.4 Å². The summed E-state index contributed by atoms with van der Waals surface area (Å²) >= 11 is 0. The second-order valence-electron chi connectivity index (χ2n) is 12.9. The highest BCUT2D eigenvalue weighted by molar-refractivity contribution is 7.86. The average Bonchev–Trinajstić information content (AvgIpc) is 3.56. The maximum Gasteiger partial charge on any atom is 0.338 e. The van der Waals surface area contributed by atoms with Gasteiger partial charge in [0.15, 0.2) is 14.1 Å². The van der Waals surface area contributed by atoms with Gasteiger partial charge in [0.25, 0.3) is 0 Å². The maximum absolute atomic E-state index is 13.6. The van der Waals surface area contributed by atoms with E-state index in [4.69, 9.17) is 9.16 Å². The molecule has 1 fully saturated rings. The van der Waals surface area contributed by atoms with Crippen molar-refractivity contribution in [3.05, 3.63) is 52.6 Å². The van der Waals surface area contributed by atoms with Crippen molar-refractivity contribution in [2.45, 2.75) is 89.1 Å². The van der Waals surface area contributed by atoms with E-state index in [0.29, 0.717) is 24.0 Å². The largest absolute Gasteiger partial charge is 0.453 e. The molecule has 7 nitrogen and oxygen atoms in total. The van der Waals surface area contributed by atoms with Gasteiger partial charge in [0.2, 0.25) is 0 Å². The number of benzene rings is 1. The SMILES string of the molecule is CC1=C2C(=C[C@@](C)(CO[Si](C)(C)C(C)(C)C)[C@@H]2OC(=O)c2ccc(S(=O)(=O)F)cc2)C(=O)[C@](C)(O)C12CC2. The molecule has 38 heavy (non-hydrogen) atoms. The van der Waals surface area contributed by atoms with Crippen molar-refractivity contribution in [2.24, 2.45) is 10.8 Å². The number of ketones is 1.